The summed E-state index contributed by atoms with van der Waals surface area (Å²) in [6.45, 7) is 12.1. The van der Waals surface area contributed by atoms with E-state index in [2.05, 4.69) is 46.0 Å². The van der Waals surface area contributed by atoms with Gasteiger partial charge in [0.2, 0.25) is 0 Å². The van der Waals surface area contributed by atoms with Crippen molar-refractivity contribution in [2.45, 2.75) is 64.3 Å². The van der Waals surface area contributed by atoms with Crippen molar-refractivity contribution in [1.29, 1.82) is 0 Å². The summed E-state index contributed by atoms with van der Waals surface area (Å²) in [6.07, 6.45) is 1.49. The third-order valence-corrected chi connectivity index (χ3v) is 11.1. The number of esters is 1. The number of carbonyl (C=O) groups is 1. The van der Waals surface area contributed by atoms with E-state index in [0.29, 0.717) is 37.4 Å². The first-order valence-electron chi connectivity index (χ1n) is 11.6. The second kappa shape index (κ2) is 10.6. The molecule has 2 aromatic rings. The van der Waals surface area contributed by atoms with E-state index in [9.17, 15) is 9.90 Å². The van der Waals surface area contributed by atoms with Crippen LogP contribution in [0.3, 0.4) is 0 Å². The van der Waals surface area contributed by atoms with E-state index in [4.69, 9.17) is 13.9 Å². The summed E-state index contributed by atoms with van der Waals surface area (Å²) in [5, 5.41) is 10.7. The molecule has 6 heteroatoms. The van der Waals surface area contributed by atoms with Crippen LogP contribution in [0.5, 0.6) is 5.75 Å². The maximum Gasteiger partial charge on any atom is 0.342 e. The maximum atomic E-state index is 12.6. The SMILES string of the molecule is CC(C)(C)[Si](C)(C)OCCOc1ccc(C2=C(O)CC(CCc3ccccc3)OC2=O)cc1. The number of hydrogen-bond acceptors (Lipinski definition) is 5. The largest absolute Gasteiger partial charge is 0.511 e. The molecule has 0 bridgehead atoms. The Hall–Kier alpha value is -2.57. The summed E-state index contributed by atoms with van der Waals surface area (Å²) < 4.78 is 17.6. The monoisotopic (exact) mass is 468 g/mol. The fourth-order valence-corrected chi connectivity index (χ4v) is 4.52. The fourth-order valence-electron chi connectivity index (χ4n) is 3.50. The Kier molecular flexibility index (Phi) is 8.03. The topological polar surface area (TPSA) is 65.0 Å². The lowest BCUT2D eigenvalue weighted by molar-refractivity contribution is -0.143. The number of aryl methyl sites for hydroxylation is 1. The maximum absolute atomic E-state index is 12.6. The third-order valence-electron chi connectivity index (χ3n) is 6.55. The van der Waals surface area contributed by atoms with Gasteiger partial charge < -0.3 is 19.0 Å². The second-order valence-corrected chi connectivity index (χ2v) is 14.9. The molecule has 0 aromatic heterocycles. The highest BCUT2D eigenvalue weighted by Gasteiger charge is 2.37. The van der Waals surface area contributed by atoms with Crippen molar-refractivity contribution < 1.29 is 23.8 Å². The lowest BCUT2D eigenvalue weighted by Gasteiger charge is -2.36. The zero-order valence-corrected chi connectivity index (χ0v) is 21.4. The molecule has 1 aliphatic heterocycles. The molecule has 1 aliphatic rings. The Morgan fingerprint density at radius 1 is 1.03 bits per heavy atom. The van der Waals surface area contributed by atoms with Crippen molar-refractivity contribution in [2.75, 3.05) is 13.2 Å². The Labute approximate surface area is 198 Å². The third kappa shape index (κ3) is 6.71. The van der Waals surface area contributed by atoms with Gasteiger partial charge in [-0.15, -0.1) is 0 Å². The van der Waals surface area contributed by atoms with Gasteiger partial charge in [0.05, 0.1) is 6.61 Å². The molecule has 0 spiro atoms. The Bertz CT molecular complexity index is 958. The van der Waals surface area contributed by atoms with Crippen LogP contribution in [-0.4, -0.2) is 38.7 Å². The van der Waals surface area contributed by atoms with Gasteiger partial charge in [0.25, 0.3) is 0 Å². The van der Waals surface area contributed by atoms with Crippen molar-refractivity contribution in [1.82, 2.24) is 0 Å². The van der Waals surface area contributed by atoms with Crippen LogP contribution in [0.1, 0.15) is 44.7 Å². The van der Waals surface area contributed by atoms with E-state index >= 15 is 0 Å². The molecule has 1 unspecified atom stereocenters. The number of carbonyl (C=O) groups excluding carboxylic acids is 1. The summed E-state index contributed by atoms with van der Waals surface area (Å²) >= 11 is 0. The van der Waals surface area contributed by atoms with Gasteiger partial charge in [-0.1, -0.05) is 63.2 Å². The van der Waals surface area contributed by atoms with Gasteiger partial charge in [-0.25, -0.2) is 4.79 Å². The summed E-state index contributed by atoms with van der Waals surface area (Å²) in [7, 11) is -1.79. The van der Waals surface area contributed by atoms with Crippen LogP contribution in [-0.2, 0) is 20.4 Å². The molecule has 0 saturated carbocycles. The Morgan fingerprint density at radius 3 is 2.30 bits per heavy atom. The van der Waals surface area contributed by atoms with Crippen LogP contribution in [0.2, 0.25) is 18.1 Å². The molecule has 5 nitrogen and oxygen atoms in total. The smallest absolute Gasteiger partial charge is 0.342 e. The Balaban J connectivity index is 1.53. The van der Waals surface area contributed by atoms with Crippen LogP contribution in [0, 0.1) is 0 Å². The molecule has 1 atom stereocenters. The standard InChI is InChI=1S/C27H36O5Si/c1-27(2,3)33(4,5)31-18-17-30-22-15-12-21(13-16-22)25-24(28)19-23(32-26(25)29)14-11-20-9-7-6-8-10-20/h6-10,12-13,15-16,23,28H,11,14,17-19H2,1-5H3. The van der Waals surface area contributed by atoms with E-state index in [1.54, 1.807) is 24.3 Å². The van der Waals surface area contributed by atoms with Crippen molar-refractivity contribution in [3.63, 3.8) is 0 Å². The van der Waals surface area contributed by atoms with Gasteiger partial charge in [-0.05, 0) is 54.2 Å². The first kappa shape index (κ1) is 25.1. The van der Waals surface area contributed by atoms with E-state index in [1.165, 1.54) is 5.56 Å². The summed E-state index contributed by atoms with van der Waals surface area (Å²) in [5.41, 5.74) is 2.05. The van der Waals surface area contributed by atoms with E-state index in [1.807, 2.05) is 18.2 Å². The first-order chi connectivity index (χ1) is 15.6. The van der Waals surface area contributed by atoms with Gasteiger partial charge in [0, 0.05) is 6.42 Å². The number of benzene rings is 2. The van der Waals surface area contributed by atoms with Crippen LogP contribution in [0.4, 0.5) is 0 Å². The van der Waals surface area contributed by atoms with Crippen LogP contribution in [0.15, 0.2) is 60.4 Å². The highest BCUT2D eigenvalue weighted by molar-refractivity contribution is 6.74. The number of ether oxygens (including phenoxy) is 2. The van der Waals surface area contributed by atoms with Crippen molar-refractivity contribution >= 4 is 19.9 Å². The molecule has 0 amide bonds. The van der Waals surface area contributed by atoms with Gasteiger partial charge in [0.15, 0.2) is 8.32 Å². The predicted molar refractivity (Wildman–Crippen MR) is 134 cm³/mol. The molecule has 1 heterocycles. The average Bonchev–Trinajstić information content (AvgIpc) is 2.76. The van der Waals surface area contributed by atoms with Crippen molar-refractivity contribution in [2.24, 2.45) is 0 Å². The summed E-state index contributed by atoms with van der Waals surface area (Å²) in [4.78, 5) is 12.6. The van der Waals surface area contributed by atoms with E-state index in [0.717, 1.165) is 6.42 Å². The lowest BCUT2D eigenvalue weighted by atomic mass is 9.96. The highest BCUT2D eigenvalue weighted by Crippen LogP contribution is 2.36. The molecule has 3 rings (SSSR count). The predicted octanol–water partition coefficient (Wildman–Crippen LogP) is 6.30. The highest BCUT2D eigenvalue weighted by atomic mass is 28.4. The Morgan fingerprint density at radius 2 is 1.70 bits per heavy atom. The second-order valence-electron chi connectivity index (χ2n) is 10.1. The zero-order valence-electron chi connectivity index (χ0n) is 20.4. The minimum absolute atomic E-state index is 0.0840. The molecular formula is C27H36O5Si. The van der Waals surface area contributed by atoms with E-state index < -0.39 is 14.3 Å². The minimum Gasteiger partial charge on any atom is -0.511 e. The average molecular weight is 469 g/mol. The van der Waals surface area contributed by atoms with Crippen LogP contribution in [0.25, 0.3) is 5.57 Å². The molecule has 2 aromatic carbocycles. The van der Waals surface area contributed by atoms with Gasteiger partial charge in [0.1, 0.15) is 29.8 Å². The van der Waals surface area contributed by atoms with Crippen molar-refractivity contribution in [3.8, 4) is 5.75 Å². The molecule has 0 radical (unpaired) electrons. The summed E-state index contributed by atoms with van der Waals surface area (Å²) in [5.74, 6) is 0.302. The molecular weight excluding hydrogens is 432 g/mol. The van der Waals surface area contributed by atoms with Gasteiger partial charge in [-0.2, -0.15) is 0 Å². The first-order valence-corrected chi connectivity index (χ1v) is 14.5. The van der Waals surface area contributed by atoms with E-state index in [-0.39, 0.29) is 22.5 Å². The van der Waals surface area contributed by atoms with Crippen LogP contribution < -0.4 is 4.74 Å². The molecule has 1 N–H and O–H groups in total. The minimum atomic E-state index is -1.79. The van der Waals surface area contributed by atoms with Gasteiger partial charge in [-0.3, -0.25) is 0 Å². The quantitative estimate of drug-likeness (QED) is 0.266. The zero-order chi connectivity index (χ0) is 24.1. The number of hydrogen-bond donors (Lipinski definition) is 1. The fraction of sp³-hybridized carbons (Fsp3) is 0.444. The number of cyclic esters (lactones) is 1. The number of aliphatic hydroxyl groups is 1. The molecule has 178 valence electrons. The van der Waals surface area contributed by atoms with Crippen molar-refractivity contribution in [3.05, 3.63) is 71.5 Å². The van der Waals surface area contributed by atoms with Gasteiger partial charge >= 0.3 is 5.97 Å². The van der Waals surface area contributed by atoms with Crippen LogP contribution >= 0.6 is 0 Å². The molecule has 0 saturated heterocycles. The molecule has 0 aliphatic carbocycles. The number of rotatable bonds is 9. The summed E-state index contributed by atoms with van der Waals surface area (Å²) in [6, 6.07) is 17.2. The number of aliphatic hydroxyl groups excluding tert-OH is 1. The molecule has 0 fully saturated rings. The lowest BCUT2D eigenvalue weighted by Crippen LogP contribution is -2.41. The normalized spacial score (nSPS) is 17.1. The molecule has 33 heavy (non-hydrogen) atoms.